The number of nitrogens with two attached hydrogens (primary N) is 1. The van der Waals surface area contributed by atoms with E-state index in [0.717, 1.165) is 45.4 Å². The molecule has 94 valence electrons. The number of amides is 1. The molecule has 1 saturated heterocycles. The highest BCUT2D eigenvalue weighted by Crippen LogP contribution is 2.15. The highest BCUT2D eigenvalue weighted by molar-refractivity contribution is 5.79. The van der Waals surface area contributed by atoms with Crippen LogP contribution in [0.1, 0.15) is 33.1 Å². The highest BCUT2D eigenvalue weighted by atomic mass is 16.1. The molecule has 2 unspecified atom stereocenters. The van der Waals surface area contributed by atoms with Crippen LogP contribution in [-0.4, -0.2) is 43.0 Å². The topological polar surface area (TPSA) is 58.4 Å². The molecular weight excluding hydrogens is 202 g/mol. The van der Waals surface area contributed by atoms with Gasteiger partial charge in [0.15, 0.2) is 0 Å². The maximum absolute atomic E-state index is 11.5. The zero-order chi connectivity index (χ0) is 12.0. The lowest BCUT2D eigenvalue weighted by molar-refractivity contribution is -0.123. The molecule has 0 spiro atoms. The fourth-order valence-electron chi connectivity index (χ4n) is 2.17. The van der Waals surface area contributed by atoms with Crippen LogP contribution in [0.25, 0.3) is 0 Å². The average Bonchev–Trinajstić information content (AvgIpc) is 2.53. The van der Waals surface area contributed by atoms with Gasteiger partial charge in [0.25, 0.3) is 0 Å². The fraction of sp³-hybridized carbons (Fsp3) is 0.917. The molecule has 1 heterocycles. The van der Waals surface area contributed by atoms with Gasteiger partial charge in [0.2, 0.25) is 5.91 Å². The van der Waals surface area contributed by atoms with Crippen LogP contribution < -0.4 is 11.1 Å². The van der Waals surface area contributed by atoms with Crippen molar-refractivity contribution in [3.8, 4) is 0 Å². The monoisotopic (exact) mass is 227 g/mol. The zero-order valence-electron chi connectivity index (χ0n) is 10.5. The molecule has 0 saturated carbocycles. The Morgan fingerprint density at radius 1 is 1.44 bits per heavy atom. The van der Waals surface area contributed by atoms with Crippen molar-refractivity contribution in [2.75, 3.05) is 26.2 Å². The van der Waals surface area contributed by atoms with E-state index in [2.05, 4.69) is 24.1 Å². The number of primary amides is 1. The molecular formula is C12H25N3O. The van der Waals surface area contributed by atoms with Crippen LogP contribution in [0.5, 0.6) is 0 Å². The van der Waals surface area contributed by atoms with Gasteiger partial charge in [-0.2, -0.15) is 0 Å². The summed E-state index contributed by atoms with van der Waals surface area (Å²) in [6.07, 6.45) is 3.10. The van der Waals surface area contributed by atoms with Crippen LogP contribution in [0.3, 0.4) is 0 Å². The Kier molecular flexibility index (Phi) is 5.77. The van der Waals surface area contributed by atoms with Crippen molar-refractivity contribution in [1.29, 1.82) is 0 Å². The average molecular weight is 227 g/mol. The van der Waals surface area contributed by atoms with E-state index >= 15 is 0 Å². The van der Waals surface area contributed by atoms with Gasteiger partial charge >= 0.3 is 0 Å². The molecule has 3 N–H and O–H groups in total. The molecule has 1 aliphatic rings. The highest BCUT2D eigenvalue weighted by Gasteiger charge is 2.25. The number of rotatable bonds is 5. The van der Waals surface area contributed by atoms with Crippen molar-refractivity contribution < 1.29 is 4.79 Å². The molecule has 4 nitrogen and oxygen atoms in total. The van der Waals surface area contributed by atoms with Crippen LogP contribution in [0.4, 0.5) is 0 Å². The van der Waals surface area contributed by atoms with E-state index in [-0.39, 0.29) is 11.9 Å². The summed E-state index contributed by atoms with van der Waals surface area (Å²) >= 11 is 0. The molecule has 0 aromatic carbocycles. The van der Waals surface area contributed by atoms with E-state index in [0.29, 0.717) is 5.92 Å². The van der Waals surface area contributed by atoms with Gasteiger partial charge in [-0.25, -0.2) is 0 Å². The maximum Gasteiger partial charge on any atom is 0.234 e. The third-order valence-electron chi connectivity index (χ3n) is 3.47. The minimum absolute atomic E-state index is 0.0742. The van der Waals surface area contributed by atoms with Gasteiger partial charge in [-0.05, 0) is 25.3 Å². The van der Waals surface area contributed by atoms with Gasteiger partial charge in [-0.1, -0.05) is 20.3 Å². The van der Waals surface area contributed by atoms with Crippen molar-refractivity contribution in [2.24, 2.45) is 11.7 Å². The number of hydrogen-bond acceptors (Lipinski definition) is 3. The van der Waals surface area contributed by atoms with E-state index in [1.54, 1.807) is 0 Å². The van der Waals surface area contributed by atoms with Crippen LogP contribution in [-0.2, 0) is 4.79 Å². The van der Waals surface area contributed by atoms with E-state index in [9.17, 15) is 4.79 Å². The Balaban J connectivity index is 2.56. The second kappa shape index (κ2) is 6.86. The molecule has 0 aliphatic carbocycles. The van der Waals surface area contributed by atoms with Crippen molar-refractivity contribution in [2.45, 2.75) is 39.2 Å². The Bertz CT molecular complexity index is 212. The molecule has 16 heavy (non-hydrogen) atoms. The lowest BCUT2D eigenvalue weighted by Crippen LogP contribution is -2.47. The number of nitrogens with zero attached hydrogens (tertiary/aromatic N) is 1. The van der Waals surface area contributed by atoms with E-state index in [1.807, 2.05) is 0 Å². The summed E-state index contributed by atoms with van der Waals surface area (Å²) in [6, 6.07) is -0.0742. The molecule has 0 radical (unpaired) electrons. The van der Waals surface area contributed by atoms with E-state index in [1.165, 1.54) is 0 Å². The third-order valence-corrected chi connectivity index (χ3v) is 3.47. The predicted molar refractivity (Wildman–Crippen MR) is 66.1 cm³/mol. The van der Waals surface area contributed by atoms with Gasteiger partial charge in [-0.15, -0.1) is 0 Å². The standard InChI is InChI=1S/C12H25N3O/c1-3-10(2)9-11(12(13)16)15-7-4-5-14-6-8-15/h10-11,14H,3-9H2,1-2H3,(H2,13,16). The molecule has 1 fully saturated rings. The lowest BCUT2D eigenvalue weighted by atomic mass is 9.97. The SMILES string of the molecule is CCC(C)CC(C(N)=O)N1CCCNCC1. The lowest BCUT2D eigenvalue weighted by Gasteiger charge is -2.29. The molecule has 4 heteroatoms. The fourth-order valence-corrected chi connectivity index (χ4v) is 2.17. The van der Waals surface area contributed by atoms with Gasteiger partial charge in [-0.3, -0.25) is 9.69 Å². The summed E-state index contributed by atoms with van der Waals surface area (Å²) in [5, 5.41) is 3.34. The minimum atomic E-state index is -0.165. The van der Waals surface area contributed by atoms with Gasteiger partial charge < -0.3 is 11.1 Å². The third kappa shape index (κ3) is 4.10. The first-order chi connectivity index (χ1) is 7.65. The number of nitrogens with one attached hydrogen (secondary N) is 1. The van der Waals surface area contributed by atoms with Gasteiger partial charge in [0.1, 0.15) is 0 Å². The largest absolute Gasteiger partial charge is 0.368 e. The van der Waals surface area contributed by atoms with E-state index < -0.39 is 0 Å². The number of carbonyl (C=O) groups is 1. The second-order valence-corrected chi connectivity index (χ2v) is 4.81. The number of hydrogen-bond donors (Lipinski definition) is 2. The number of carbonyl (C=O) groups excluding carboxylic acids is 1. The molecule has 0 aromatic rings. The summed E-state index contributed by atoms with van der Waals surface area (Å²) < 4.78 is 0. The van der Waals surface area contributed by atoms with Crippen LogP contribution >= 0.6 is 0 Å². The van der Waals surface area contributed by atoms with Gasteiger partial charge in [0, 0.05) is 19.6 Å². The van der Waals surface area contributed by atoms with E-state index in [4.69, 9.17) is 5.73 Å². The molecule has 0 bridgehead atoms. The predicted octanol–water partition coefficient (Wildman–Crippen LogP) is 0.572. The van der Waals surface area contributed by atoms with Crippen molar-refractivity contribution in [3.63, 3.8) is 0 Å². The second-order valence-electron chi connectivity index (χ2n) is 4.81. The minimum Gasteiger partial charge on any atom is -0.368 e. The molecule has 1 aliphatic heterocycles. The van der Waals surface area contributed by atoms with Gasteiger partial charge in [0.05, 0.1) is 6.04 Å². The van der Waals surface area contributed by atoms with Crippen molar-refractivity contribution in [1.82, 2.24) is 10.2 Å². The van der Waals surface area contributed by atoms with Crippen molar-refractivity contribution in [3.05, 3.63) is 0 Å². The Morgan fingerprint density at radius 2 is 2.19 bits per heavy atom. The normalized spacial score (nSPS) is 22.4. The van der Waals surface area contributed by atoms with Crippen LogP contribution in [0, 0.1) is 5.92 Å². The quantitative estimate of drug-likeness (QED) is 0.722. The Hall–Kier alpha value is -0.610. The summed E-state index contributed by atoms with van der Waals surface area (Å²) in [5.41, 5.74) is 5.52. The molecule has 1 amide bonds. The maximum atomic E-state index is 11.5. The first kappa shape index (κ1) is 13.5. The zero-order valence-corrected chi connectivity index (χ0v) is 10.5. The molecule has 0 aromatic heterocycles. The van der Waals surface area contributed by atoms with Crippen LogP contribution in [0.2, 0.25) is 0 Å². The summed E-state index contributed by atoms with van der Waals surface area (Å²) in [5.74, 6) is 0.399. The van der Waals surface area contributed by atoms with Crippen LogP contribution in [0.15, 0.2) is 0 Å². The summed E-state index contributed by atoms with van der Waals surface area (Å²) in [7, 11) is 0. The Labute approximate surface area is 98.6 Å². The summed E-state index contributed by atoms with van der Waals surface area (Å²) in [4.78, 5) is 13.8. The summed E-state index contributed by atoms with van der Waals surface area (Å²) in [6.45, 7) is 8.27. The Morgan fingerprint density at radius 3 is 2.81 bits per heavy atom. The smallest absolute Gasteiger partial charge is 0.234 e. The van der Waals surface area contributed by atoms with Crippen molar-refractivity contribution >= 4 is 5.91 Å². The molecule has 2 atom stereocenters. The first-order valence-corrected chi connectivity index (χ1v) is 6.39. The molecule has 1 rings (SSSR count). The first-order valence-electron chi connectivity index (χ1n) is 6.39.